The Bertz CT molecular complexity index is 233. The van der Waals surface area contributed by atoms with Crippen molar-refractivity contribution < 1.29 is 14.3 Å². The summed E-state index contributed by atoms with van der Waals surface area (Å²) in [5.41, 5.74) is 0.282. The molecule has 0 radical (unpaired) electrons. The maximum absolute atomic E-state index is 11.0. The van der Waals surface area contributed by atoms with Gasteiger partial charge in [-0.25, -0.2) is 0 Å². The molecule has 0 saturated carbocycles. The molecule has 4 nitrogen and oxygen atoms in total. The number of ether oxygens (including phenoxy) is 1. The van der Waals surface area contributed by atoms with Gasteiger partial charge in [-0.1, -0.05) is 19.2 Å². The molecule has 0 bridgehead atoms. The standard InChI is InChI=1S/C9H13NO3/c1-4-7(2)9(12)10-6-5-8(11)13-3/h4H,1-2,5-6H2,3H3,(H,10,12). The Morgan fingerprint density at radius 2 is 2.15 bits per heavy atom. The lowest BCUT2D eigenvalue weighted by molar-refractivity contribution is -0.140. The van der Waals surface area contributed by atoms with Crippen molar-refractivity contribution in [3.05, 3.63) is 24.8 Å². The van der Waals surface area contributed by atoms with Crippen LogP contribution in [0.1, 0.15) is 6.42 Å². The van der Waals surface area contributed by atoms with Crippen molar-refractivity contribution in [2.75, 3.05) is 13.7 Å². The molecule has 1 N–H and O–H groups in total. The Hall–Kier alpha value is -1.58. The zero-order valence-electron chi connectivity index (χ0n) is 7.63. The number of carbonyl (C=O) groups is 2. The largest absolute Gasteiger partial charge is 0.469 e. The van der Waals surface area contributed by atoms with Crippen LogP contribution in [0.3, 0.4) is 0 Å². The molecule has 0 aliphatic heterocycles. The molecule has 0 aliphatic rings. The van der Waals surface area contributed by atoms with Crippen LogP contribution in [0.15, 0.2) is 24.8 Å². The monoisotopic (exact) mass is 183 g/mol. The predicted octanol–water partition coefficient (Wildman–Crippen LogP) is 0.408. The van der Waals surface area contributed by atoms with E-state index in [1.54, 1.807) is 0 Å². The van der Waals surface area contributed by atoms with Gasteiger partial charge < -0.3 is 10.1 Å². The molecule has 0 unspecified atom stereocenters. The van der Waals surface area contributed by atoms with Gasteiger partial charge in [0.25, 0.3) is 5.91 Å². The molecule has 0 aliphatic carbocycles. The summed E-state index contributed by atoms with van der Waals surface area (Å²) in [6, 6.07) is 0. The Labute approximate surface area is 77.3 Å². The van der Waals surface area contributed by atoms with Gasteiger partial charge >= 0.3 is 5.97 Å². The molecule has 0 aromatic carbocycles. The highest BCUT2D eigenvalue weighted by Gasteiger charge is 2.04. The molecule has 0 saturated heterocycles. The van der Waals surface area contributed by atoms with Gasteiger partial charge in [0.2, 0.25) is 0 Å². The van der Waals surface area contributed by atoms with Crippen LogP contribution < -0.4 is 5.32 Å². The van der Waals surface area contributed by atoms with E-state index in [1.807, 2.05) is 0 Å². The summed E-state index contributed by atoms with van der Waals surface area (Å²) >= 11 is 0. The summed E-state index contributed by atoms with van der Waals surface area (Å²) in [5.74, 6) is -0.677. The van der Waals surface area contributed by atoms with Gasteiger partial charge in [0.15, 0.2) is 0 Å². The average molecular weight is 183 g/mol. The molecular weight excluding hydrogens is 170 g/mol. The maximum atomic E-state index is 11.0. The molecule has 0 atom stereocenters. The third-order valence-corrected chi connectivity index (χ3v) is 1.38. The van der Waals surface area contributed by atoms with Crippen LogP contribution in [0.4, 0.5) is 0 Å². The van der Waals surface area contributed by atoms with Gasteiger partial charge in [0.05, 0.1) is 13.5 Å². The molecule has 0 aromatic heterocycles. The summed E-state index contributed by atoms with van der Waals surface area (Å²) < 4.78 is 4.39. The van der Waals surface area contributed by atoms with Crippen molar-refractivity contribution in [2.24, 2.45) is 0 Å². The number of methoxy groups -OCH3 is 1. The van der Waals surface area contributed by atoms with E-state index in [9.17, 15) is 9.59 Å². The summed E-state index contributed by atoms with van der Waals surface area (Å²) in [7, 11) is 1.30. The molecule has 1 amide bonds. The lowest BCUT2D eigenvalue weighted by Gasteiger charge is -2.02. The summed E-state index contributed by atoms with van der Waals surface area (Å²) in [4.78, 5) is 21.6. The van der Waals surface area contributed by atoms with Crippen molar-refractivity contribution in [1.29, 1.82) is 0 Å². The number of nitrogens with one attached hydrogen (secondary N) is 1. The van der Waals surface area contributed by atoms with Crippen molar-refractivity contribution >= 4 is 11.9 Å². The number of amides is 1. The molecule has 0 aromatic rings. The van der Waals surface area contributed by atoms with Crippen LogP contribution >= 0.6 is 0 Å². The van der Waals surface area contributed by atoms with E-state index in [0.717, 1.165) is 0 Å². The number of esters is 1. The molecule has 72 valence electrons. The zero-order valence-corrected chi connectivity index (χ0v) is 7.63. The lowest BCUT2D eigenvalue weighted by Crippen LogP contribution is -2.26. The smallest absolute Gasteiger partial charge is 0.307 e. The summed E-state index contributed by atoms with van der Waals surface area (Å²) in [6.45, 7) is 7.08. The first-order valence-corrected chi connectivity index (χ1v) is 3.78. The first-order valence-electron chi connectivity index (χ1n) is 3.78. The molecular formula is C9H13NO3. The van der Waals surface area contributed by atoms with Crippen LogP contribution in [-0.4, -0.2) is 25.5 Å². The molecule has 4 heteroatoms. The van der Waals surface area contributed by atoms with Gasteiger partial charge in [-0.2, -0.15) is 0 Å². The van der Waals surface area contributed by atoms with Gasteiger partial charge in [-0.05, 0) is 0 Å². The Balaban J connectivity index is 3.65. The Morgan fingerprint density at radius 1 is 1.54 bits per heavy atom. The van der Waals surface area contributed by atoms with E-state index in [2.05, 4.69) is 23.2 Å². The Morgan fingerprint density at radius 3 is 2.62 bits per heavy atom. The SMILES string of the molecule is C=CC(=C)C(=O)NCCC(=O)OC. The van der Waals surface area contributed by atoms with Crippen molar-refractivity contribution in [3.8, 4) is 0 Å². The number of hydrogen-bond donors (Lipinski definition) is 1. The highest BCUT2D eigenvalue weighted by molar-refractivity contribution is 5.95. The van der Waals surface area contributed by atoms with Crippen molar-refractivity contribution in [1.82, 2.24) is 5.32 Å². The van der Waals surface area contributed by atoms with E-state index in [4.69, 9.17) is 0 Å². The first kappa shape index (κ1) is 11.4. The average Bonchev–Trinajstić information content (AvgIpc) is 2.15. The van der Waals surface area contributed by atoms with Crippen LogP contribution in [0.25, 0.3) is 0 Å². The third-order valence-electron chi connectivity index (χ3n) is 1.38. The second kappa shape index (κ2) is 5.99. The fourth-order valence-corrected chi connectivity index (χ4v) is 0.586. The Kier molecular flexibility index (Phi) is 5.27. The second-order valence-electron chi connectivity index (χ2n) is 2.31. The minimum Gasteiger partial charge on any atom is -0.469 e. The fraction of sp³-hybridized carbons (Fsp3) is 0.333. The summed E-state index contributed by atoms with van der Waals surface area (Å²) in [5, 5.41) is 2.49. The zero-order chi connectivity index (χ0) is 10.3. The minimum atomic E-state index is -0.357. The van der Waals surface area contributed by atoms with Gasteiger partial charge in [-0.3, -0.25) is 9.59 Å². The number of hydrogen-bond acceptors (Lipinski definition) is 3. The molecule has 0 spiro atoms. The maximum Gasteiger partial charge on any atom is 0.307 e. The highest BCUT2D eigenvalue weighted by atomic mass is 16.5. The van der Waals surface area contributed by atoms with Crippen LogP contribution in [0.5, 0.6) is 0 Å². The summed E-state index contributed by atoms with van der Waals surface area (Å²) in [6.07, 6.45) is 1.51. The second-order valence-corrected chi connectivity index (χ2v) is 2.31. The minimum absolute atomic E-state index is 0.159. The van der Waals surface area contributed by atoms with Crippen molar-refractivity contribution in [3.63, 3.8) is 0 Å². The predicted molar refractivity (Wildman–Crippen MR) is 49.0 cm³/mol. The van der Waals surface area contributed by atoms with E-state index in [0.29, 0.717) is 0 Å². The van der Waals surface area contributed by atoms with Crippen LogP contribution in [0.2, 0.25) is 0 Å². The topological polar surface area (TPSA) is 55.4 Å². The van der Waals surface area contributed by atoms with E-state index < -0.39 is 0 Å². The molecule has 0 fully saturated rings. The number of rotatable bonds is 5. The lowest BCUT2D eigenvalue weighted by atomic mass is 10.3. The number of carbonyl (C=O) groups excluding carboxylic acids is 2. The quantitative estimate of drug-likeness (QED) is 0.381. The van der Waals surface area contributed by atoms with E-state index in [-0.39, 0.29) is 30.4 Å². The molecule has 0 heterocycles. The van der Waals surface area contributed by atoms with Crippen molar-refractivity contribution in [2.45, 2.75) is 6.42 Å². The molecule has 0 rings (SSSR count). The van der Waals surface area contributed by atoms with Crippen LogP contribution in [-0.2, 0) is 14.3 Å². The van der Waals surface area contributed by atoms with Crippen LogP contribution in [0, 0.1) is 0 Å². The van der Waals surface area contributed by atoms with E-state index >= 15 is 0 Å². The fourth-order valence-electron chi connectivity index (χ4n) is 0.586. The first-order chi connectivity index (χ1) is 6.11. The van der Waals surface area contributed by atoms with Gasteiger partial charge in [0, 0.05) is 12.1 Å². The molecule has 13 heavy (non-hydrogen) atoms. The van der Waals surface area contributed by atoms with Gasteiger partial charge in [0.1, 0.15) is 0 Å². The third kappa shape index (κ3) is 4.79. The highest BCUT2D eigenvalue weighted by Crippen LogP contribution is 1.90. The van der Waals surface area contributed by atoms with Gasteiger partial charge in [-0.15, -0.1) is 0 Å². The normalized spacial score (nSPS) is 8.69. The van der Waals surface area contributed by atoms with E-state index in [1.165, 1.54) is 13.2 Å².